The molecule has 106 valence electrons. The number of hydrogen-bond acceptors (Lipinski definition) is 5. The molecule has 8 nitrogen and oxygen atoms in total. The van der Waals surface area contributed by atoms with Gasteiger partial charge in [0.2, 0.25) is 5.65 Å². The zero-order chi connectivity index (χ0) is 14.8. The van der Waals surface area contributed by atoms with Crippen molar-refractivity contribution in [3.05, 3.63) is 30.7 Å². The van der Waals surface area contributed by atoms with Gasteiger partial charge in [0, 0.05) is 24.7 Å². The third-order valence-electron chi connectivity index (χ3n) is 2.98. The van der Waals surface area contributed by atoms with Gasteiger partial charge in [0.15, 0.2) is 30.3 Å². The van der Waals surface area contributed by atoms with Gasteiger partial charge in [0.25, 0.3) is 0 Å². The Labute approximate surface area is 119 Å². The number of aromatic nitrogens is 6. The third kappa shape index (κ3) is 2.83. The lowest BCUT2D eigenvalue weighted by atomic mass is 10.2. The van der Waals surface area contributed by atoms with E-state index in [9.17, 15) is 4.79 Å². The molecule has 0 amide bonds. The van der Waals surface area contributed by atoms with Crippen molar-refractivity contribution in [1.82, 2.24) is 25.0 Å². The van der Waals surface area contributed by atoms with Crippen molar-refractivity contribution in [3.63, 3.8) is 0 Å². The summed E-state index contributed by atoms with van der Waals surface area (Å²) >= 11 is 0. The van der Waals surface area contributed by atoms with Crippen LogP contribution in [0.4, 0.5) is 0 Å². The Kier molecular flexibility index (Phi) is 3.27. The molecule has 0 saturated carbocycles. The van der Waals surface area contributed by atoms with Gasteiger partial charge in [-0.15, -0.1) is 5.10 Å². The van der Waals surface area contributed by atoms with E-state index < -0.39 is 5.97 Å². The molecule has 0 aliphatic heterocycles. The number of fused-ring (bicyclic) bond motifs is 1. The molecule has 1 N–H and O–H groups in total. The lowest BCUT2D eigenvalue weighted by Gasteiger charge is -1.99. The summed E-state index contributed by atoms with van der Waals surface area (Å²) in [5, 5.41) is 16.9. The molecule has 0 fully saturated rings. The zero-order valence-electron chi connectivity index (χ0n) is 11.3. The van der Waals surface area contributed by atoms with E-state index in [1.807, 2.05) is 24.5 Å². The summed E-state index contributed by atoms with van der Waals surface area (Å²) in [7, 11) is 1.73. The first-order chi connectivity index (χ1) is 10.1. The van der Waals surface area contributed by atoms with Gasteiger partial charge in [-0.05, 0) is 0 Å². The van der Waals surface area contributed by atoms with Gasteiger partial charge in [0.05, 0.1) is 6.20 Å². The average Bonchev–Trinajstić information content (AvgIpc) is 2.84. The summed E-state index contributed by atoms with van der Waals surface area (Å²) in [6.07, 6.45) is 5.34. The molecular weight excluding hydrogens is 272 g/mol. The normalized spacial score (nSPS) is 10.9. The highest BCUT2D eigenvalue weighted by Crippen LogP contribution is 2.14. The van der Waals surface area contributed by atoms with Crippen molar-refractivity contribution in [3.8, 4) is 11.4 Å². The number of nitrogens with zero attached hydrogens (tertiary/aromatic N) is 6. The van der Waals surface area contributed by atoms with Crippen molar-refractivity contribution in [2.24, 2.45) is 7.05 Å². The Morgan fingerprint density at radius 1 is 1.33 bits per heavy atom. The van der Waals surface area contributed by atoms with Crippen LogP contribution in [0, 0.1) is 0 Å². The van der Waals surface area contributed by atoms with E-state index in [0.717, 1.165) is 5.56 Å². The van der Waals surface area contributed by atoms with E-state index in [0.29, 0.717) is 23.5 Å². The summed E-state index contributed by atoms with van der Waals surface area (Å²) in [5.41, 5.74) is 2.04. The maximum atomic E-state index is 10.5. The van der Waals surface area contributed by atoms with Crippen molar-refractivity contribution in [2.75, 3.05) is 0 Å². The summed E-state index contributed by atoms with van der Waals surface area (Å²) in [4.78, 5) is 20.6. The minimum absolute atomic E-state index is 0.0894. The van der Waals surface area contributed by atoms with Crippen LogP contribution >= 0.6 is 0 Å². The van der Waals surface area contributed by atoms with Crippen LogP contribution in [0.15, 0.2) is 30.7 Å². The van der Waals surface area contributed by atoms with Crippen LogP contribution < -0.4 is 4.57 Å². The molecule has 3 heterocycles. The molecule has 8 heteroatoms. The van der Waals surface area contributed by atoms with Crippen LogP contribution in [-0.4, -0.2) is 36.0 Å². The fourth-order valence-corrected chi connectivity index (χ4v) is 1.95. The number of hydrogen-bond donors (Lipinski definition) is 1. The van der Waals surface area contributed by atoms with Crippen LogP contribution in [0.1, 0.15) is 6.42 Å². The molecule has 0 bridgehead atoms. The minimum atomic E-state index is -0.817. The van der Waals surface area contributed by atoms with Crippen LogP contribution in [-0.2, 0) is 18.4 Å². The lowest BCUT2D eigenvalue weighted by molar-refractivity contribution is -0.695. The first-order valence-electron chi connectivity index (χ1n) is 6.37. The standard InChI is InChI=1S/C13H12N6O2/c1-18-16-10-8-14-12(15-13(10)17-18)9-2-5-19(6-3-9)7-4-11(20)21/h2-3,5-6,8H,4,7H2,1H3/p+1. The third-order valence-corrected chi connectivity index (χ3v) is 2.98. The highest BCUT2D eigenvalue weighted by Gasteiger charge is 2.09. The monoisotopic (exact) mass is 285 g/mol. The molecule has 3 aromatic rings. The average molecular weight is 285 g/mol. The number of carbonyl (C=O) groups is 1. The van der Waals surface area contributed by atoms with E-state index in [1.54, 1.807) is 17.8 Å². The van der Waals surface area contributed by atoms with Crippen LogP contribution in [0.25, 0.3) is 22.6 Å². The van der Waals surface area contributed by atoms with Crippen molar-refractivity contribution >= 4 is 17.1 Å². The van der Waals surface area contributed by atoms with Crippen molar-refractivity contribution < 1.29 is 14.5 Å². The summed E-state index contributed by atoms with van der Waals surface area (Å²) in [5.74, 6) is -0.253. The SMILES string of the molecule is Cn1nc2cnc(-c3cc[n+](CCC(=O)O)cc3)nc2n1. The Bertz CT molecular complexity index is 796. The Balaban J connectivity index is 1.86. The zero-order valence-corrected chi connectivity index (χ0v) is 11.3. The van der Waals surface area contributed by atoms with Gasteiger partial charge in [0.1, 0.15) is 6.42 Å². The predicted molar refractivity (Wildman–Crippen MR) is 72.0 cm³/mol. The number of carboxylic acid groups (broad SMARTS) is 1. The van der Waals surface area contributed by atoms with Crippen LogP contribution in [0.3, 0.4) is 0 Å². The highest BCUT2D eigenvalue weighted by molar-refractivity contribution is 5.70. The van der Waals surface area contributed by atoms with E-state index >= 15 is 0 Å². The predicted octanol–water partition coefficient (Wildman–Crippen LogP) is 0.187. The first kappa shape index (κ1) is 13.1. The van der Waals surface area contributed by atoms with Gasteiger partial charge in [-0.3, -0.25) is 4.79 Å². The minimum Gasteiger partial charge on any atom is -0.481 e. The molecule has 3 rings (SSSR count). The van der Waals surface area contributed by atoms with Gasteiger partial charge in [-0.25, -0.2) is 14.5 Å². The maximum absolute atomic E-state index is 10.5. The first-order valence-corrected chi connectivity index (χ1v) is 6.37. The van der Waals surface area contributed by atoms with E-state index in [2.05, 4.69) is 20.2 Å². The molecular formula is C13H13N6O2+. The maximum Gasteiger partial charge on any atom is 0.309 e. The fourth-order valence-electron chi connectivity index (χ4n) is 1.95. The second kappa shape index (κ2) is 5.23. The number of rotatable bonds is 4. The molecule has 0 spiro atoms. The molecule has 0 aliphatic carbocycles. The molecule has 3 aromatic heterocycles. The summed E-state index contributed by atoms with van der Waals surface area (Å²) in [6, 6.07) is 3.69. The summed E-state index contributed by atoms with van der Waals surface area (Å²) in [6.45, 7) is 0.430. The second-order valence-corrected chi connectivity index (χ2v) is 4.56. The van der Waals surface area contributed by atoms with Crippen molar-refractivity contribution in [2.45, 2.75) is 13.0 Å². The van der Waals surface area contributed by atoms with Crippen LogP contribution in [0.2, 0.25) is 0 Å². The quantitative estimate of drug-likeness (QED) is 0.687. The number of aryl methyl sites for hydroxylation is 2. The molecule has 21 heavy (non-hydrogen) atoms. The number of pyridine rings is 1. The fraction of sp³-hybridized carbons (Fsp3) is 0.231. The number of carboxylic acids is 1. The largest absolute Gasteiger partial charge is 0.481 e. The molecule has 0 aliphatic rings. The Morgan fingerprint density at radius 3 is 2.81 bits per heavy atom. The Morgan fingerprint density at radius 2 is 2.10 bits per heavy atom. The molecule has 0 radical (unpaired) electrons. The lowest BCUT2D eigenvalue weighted by Crippen LogP contribution is -2.33. The Hall–Kier alpha value is -2.90. The van der Waals surface area contributed by atoms with E-state index in [1.165, 1.54) is 4.80 Å². The van der Waals surface area contributed by atoms with Crippen molar-refractivity contribution in [1.29, 1.82) is 0 Å². The molecule has 0 unspecified atom stereocenters. The van der Waals surface area contributed by atoms with E-state index in [4.69, 9.17) is 5.11 Å². The van der Waals surface area contributed by atoms with Gasteiger partial charge in [-0.1, -0.05) is 0 Å². The molecule has 0 aromatic carbocycles. The topological polar surface area (TPSA) is 97.7 Å². The van der Waals surface area contributed by atoms with Gasteiger partial charge < -0.3 is 5.11 Å². The summed E-state index contributed by atoms with van der Waals surface area (Å²) < 4.78 is 1.80. The highest BCUT2D eigenvalue weighted by atomic mass is 16.4. The molecule has 0 saturated heterocycles. The smallest absolute Gasteiger partial charge is 0.309 e. The van der Waals surface area contributed by atoms with E-state index in [-0.39, 0.29) is 6.42 Å². The second-order valence-electron chi connectivity index (χ2n) is 4.56. The van der Waals surface area contributed by atoms with Crippen LogP contribution in [0.5, 0.6) is 0 Å². The number of aliphatic carboxylic acids is 1. The van der Waals surface area contributed by atoms with Gasteiger partial charge >= 0.3 is 5.97 Å². The van der Waals surface area contributed by atoms with Gasteiger partial charge in [-0.2, -0.15) is 9.90 Å². The molecule has 0 atom stereocenters.